The van der Waals surface area contributed by atoms with Gasteiger partial charge in [0.05, 0.1) is 11.1 Å². The van der Waals surface area contributed by atoms with Crippen molar-refractivity contribution in [2.24, 2.45) is 5.10 Å². The summed E-state index contributed by atoms with van der Waals surface area (Å²) in [7, 11) is 2.02. The molecule has 1 aliphatic rings. The van der Waals surface area contributed by atoms with E-state index in [4.69, 9.17) is 0 Å². The van der Waals surface area contributed by atoms with Crippen molar-refractivity contribution < 1.29 is 14.5 Å². The van der Waals surface area contributed by atoms with Crippen LogP contribution in [0.2, 0.25) is 0 Å². The van der Waals surface area contributed by atoms with Gasteiger partial charge in [-0.2, -0.15) is 5.10 Å². The number of hydrazone groups is 1. The highest BCUT2D eigenvalue weighted by atomic mass is 16.6. The Bertz CT molecular complexity index is 1010. The molecule has 0 atom stereocenters. The van der Waals surface area contributed by atoms with Gasteiger partial charge in [0.1, 0.15) is 5.69 Å². The summed E-state index contributed by atoms with van der Waals surface area (Å²) in [6.07, 6.45) is 1.36. The van der Waals surface area contributed by atoms with Crippen LogP contribution in [-0.4, -0.2) is 61.1 Å². The molecule has 2 aromatic rings. The first-order valence-electron chi connectivity index (χ1n) is 9.76. The molecule has 0 aliphatic carbocycles. The van der Waals surface area contributed by atoms with Crippen molar-refractivity contribution in [3.63, 3.8) is 0 Å². The van der Waals surface area contributed by atoms with Crippen molar-refractivity contribution in [1.82, 2.24) is 10.3 Å². The van der Waals surface area contributed by atoms with E-state index in [1.54, 1.807) is 30.3 Å². The van der Waals surface area contributed by atoms with Gasteiger partial charge in [0, 0.05) is 56.0 Å². The van der Waals surface area contributed by atoms with E-state index >= 15 is 0 Å². The second-order valence-electron chi connectivity index (χ2n) is 7.26. The first-order valence-corrected chi connectivity index (χ1v) is 9.76. The van der Waals surface area contributed by atoms with Crippen LogP contribution < -0.4 is 15.6 Å². The number of nitro benzene ring substituents is 1. The molecule has 1 saturated heterocycles. The maximum Gasteiger partial charge on any atom is 0.293 e. The minimum Gasteiger partial charge on any atom is -0.363 e. The summed E-state index contributed by atoms with van der Waals surface area (Å²) in [5.41, 5.74) is 4.29. The van der Waals surface area contributed by atoms with Gasteiger partial charge in [0.15, 0.2) is 0 Å². The number of hydrogen-bond acceptors (Lipinski definition) is 7. The molecule has 0 radical (unpaired) electrons. The predicted molar refractivity (Wildman–Crippen MR) is 119 cm³/mol. The lowest BCUT2D eigenvalue weighted by Gasteiger charge is -2.33. The molecule has 0 saturated carbocycles. The Morgan fingerprint density at radius 1 is 1.13 bits per heavy atom. The Kier molecular flexibility index (Phi) is 6.93. The van der Waals surface area contributed by atoms with E-state index in [1.165, 1.54) is 25.3 Å². The van der Waals surface area contributed by atoms with E-state index in [0.29, 0.717) is 22.5 Å². The molecule has 2 amide bonds. The Labute approximate surface area is 179 Å². The second kappa shape index (κ2) is 9.81. The fraction of sp³-hybridized carbons (Fsp3) is 0.286. The number of nitro groups is 1. The molecule has 0 unspecified atom stereocenters. The van der Waals surface area contributed by atoms with Gasteiger partial charge in [0.2, 0.25) is 5.91 Å². The molecule has 1 aliphatic heterocycles. The monoisotopic (exact) mass is 424 g/mol. The van der Waals surface area contributed by atoms with Gasteiger partial charge in [-0.05, 0) is 31.3 Å². The molecule has 0 bridgehead atoms. The summed E-state index contributed by atoms with van der Waals surface area (Å²) in [6.45, 7) is 4.51. The number of likely N-dealkylation sites (N-methyl/N-ethyl adjacent to an activating group) is 1. The third-order valence-electron chi connectivity index (χ3n) is 4.86. The number of piperazine rings is 1. The molecule has 1 heterocycles. The highest BCUT2D eigenvalue weighted by Gasteiger charge is 2.22. The first-order chi connectivity index (χ1) is 14.8. The molecule has 10 heteroatoms. The highest BCUT2D eigenvalue weighted by molar-refractivity contribution is 5.97. The number of benzene rings is 2. The van der Waals surface area contributed by atoms with Crippen molar-refractivity contribution >= 4 is 35.1 Å². The molecule has 1 fully saturated rings. The Morgan fingerprint density at radius 2 is 1.87 bits per heavy atom. The van der Waals surface area contributed by atoms with E-state index in [0.717, 1.165) is 26.2 Å². The summed E-state index contributed by atoms with van der Waals surface area (Å²) >= 11 is 0. The zero-order chi connectivity index (χ0) is 22.4. The molecule has 10 nitrogen and oxygen atoms in total. The number of carbonyl (C=O) groups excluding carboxylic acids is 2. The Morgan fingerprint density at radius 3 is 2.55 bits per heavy atom. The van der Waals surface area contributed by atoms with Gasteiger partial charge < -0.3 is 15.1 Å². The Hall–Kier alpha value is -3.79. The number of amides is 2. The number of hydrogen-bond donors (Lipinski definition) is 2. The molecule has 162 valence electrons. The quantitative estimate of drug-likeness (QED) is 0.416. The lowest BCUT2D eigenvalue weighted by Crippen LogP contribution is -2.44. The van der Waals surface area contributed by atoms with Gasteiger partial charge in [-0.15, -0.1) is 0 Å². The van der Waals surface area contributed by atoms with Crippen molar-refractivity contribution in [1.29, 1.82) is 0 Å². The minimum absolute atomic E-state index is 0.00263. The summed E-state index contributed by atoms with van der Waals surface area (Å²) < 4.78 is 0. The fourth-order valence-corrected chi connectivity index (χ4v) is 3.25. The summed E-state index contributed by atoms with van der Waals surface area (Å²) in [5, 5.41) is 18.1. The van der Waals surface area contributed by atoms with Crippen LogP contribution in [0.3, 0.4) is 0 Å². The van der Waals surface area contributed by atoms with Crippen molar-refractivity contribution in [2.75, 3.05) is 43.4 Å². The maximum atomic E-state index is 12.3. The average molecular weight is 424 g/mol. The molecule has 0 aromatic heterocycles. The van der Waals surface area contributed by atoms with Gasteiger partial charge in [0.25, 0.3) is 11.6 Å². The number of nitrogens with zero attached hydrogens (tertiary/aromatic N) is 4. The number of anilines is 2. The molecule has 2 N–H and O–H groups in total. The lowest BCUT2D eigenvalue weighted by atomic mass is 10.1. The highest BCUT2D eigenvalue weighted by Crippen LogP contribution is 2.29. The normalized spacial score (nSPS) is 14.5. The van der Waals surface area contributed by atoms with Crippen LogP contribution in [0.25, 0.3) is 0 Å². The smallest absolute Gasteiger partial charge is 0.293 e. The van der Waals surface area contributed by atoms with E-state index in [-0.39, 0.29) is 11.6 Å². The van der Waals surface area contributed by atoms with Crippen LogP contribution >= 0.6 is 0 Å². The average Bonchev–Trinajstić information content (AvgIpc) is 2.74. The van der Waals surface area contributed by atoms with Crippen LogP contribution in [-0.2, 0) is 4.79 Å². The van der Waals surface area contributed by atoms with Crippen LogP contribution in [0.15, 0.2) is 47.6 Å². The zero-order valence-corrected chi connectivity index (χ0v) is 17.4. The summed E-state index contributed by atoms with van der Waals surface area (Å²) in [4.78, 5) is 38.8. The van der Waals surface area contributed by atoms with E-state index in [9.17, 15) is 19.7 Å². The molecule has 2 aromatic carbocycles. The van der Waals surface area contributed by atoms with E-state index < -0.39 is 10.8 Å². The zero-order valence-electron chi connectivity index (χ0n) is 17.4. The number of carbonyl (C=O) groups is 2. The Balaban J connectivity index is 1.69. The van der Waals surface area contributed by atoms with Gasteiger partial charge in [-0.3, -0.25) is 19.7 Å². The van der Waals surface area contributed by atoms with Crippen LogP contribution in [0, 0.1) is 10.1 Å². The lowest BCUT2D eigenvalue weighted by molar-refractivity contribution is -0.384. The largest absolute Gasteiger partial charge is 0.363 e. The van der Waals surface area contributed by atoms with Crippen LogP contribution in [0.1, 0.15) is 22.8 Å². The minimum atomic E-state index is -0.466. The topological polar surface area (TPSA) is 120 Å². The van der Waals surface area contributed by atoms with Crippen LogP contribution in [0.4, 0.5) is 17.1 Å². The van der Waals surface area contributed by atoms with Crippen molar-refractivity contribution in [3.8, 4) is 0 Å². The van der Waals surface area contributed by atoms with Crippen LogP contribution in [0.5, 0.6) is 0 Å². The SMILES string of the molecule is CC(=O)Nc1cccc(C(=O)N/N=C/c2ccc(N3CCN(C)CC3)c([N+](=O)[O-])c2)c1. The maximum absolute atomic E-state index is 12.3. The summed E-state index contributed by atoms with van der Waals surface area (Å²) in [6, 6.07) is 11.3. The molecule has 0 spiro atoms. The third-order valence-corrected chi connectivity index (χ3v) is 4.86. The molecular formula is C21H24N6O4. The molecule has 31 heavy (non-hydrogen) atoms. The number of rotatable bonds is 6. The molecular weight excluding hydrogens is 400 g/mol. The predicted octanol–water partition coefficient (Wildman–Crippen LogP) is 2.07. The summed E-state index contributed by atoms with van der Waals surface area (Å²) in [5.74, 6) is -0.704. The number of nitrogens with one attached hydrogen (secondary N) is 2. The van der Waals surface area contributed by atoms with Crippen molar-refractivity contribution in [3.05, 3.63) is 63.7 Å². The van der Waals surface area contributed by atoms with Crippen molar-refractivity contribution in [2.45, 2.75) is 6.92 Å². The van der Waals surface area contributed by atoms with Gasteiger partial charge in [-0.25, -0.2) is 5.43 Å². The molecule has 3 rings (SSSR count). The van der Waals surface area contributed by atoms with Gasteiger partial charge >= 0.3 is 0 Å². The third kappa shape index (κ3) is 5.86. The fourth-order valence-electron chi connectivity index (χ4n) is 3.25. The van der Waals surface area contributed by atoms with E-state index in [2.05, 4.69) is 20.7 Å². The second-order valence-corrected chi connectivity index (χ2v) is 7.26. The standard InChI is InChI=1S/C21H24N6O4/c1-15(28)23-18-5-3-4-17(13-18)21(29)24-22-14-16-6-7-19(20(12-16)27(30)31)26-10-8-25(2)9-11-26/h3-7,12-14H,8-11H2,1-2H3,(H,23,28)(H,24,29)/b22-14+. The van der Waals surface area contributed by atoms with E-state index in [1.807, 2.05) is 11.9 Å². The first kappa shape index (κ1) is 21.9. The van der Waals surface area contributed by atoms with Gasteiger partial charge in [-0.1, -0.05) is 12.1 Å².